The lowest BCUT2D eigenvalue weighted by molar-refractivity contribution is 0.324. The van der Waals surface area contributed by atoms with E-state index in [9.17, 15) is 0 Å². The van der Waals surface area contributed by atoms with Crippen LogP contribution in [0.25, 0.3) is 10.8 Å². The molecule has 0 bridgehead atoms. The summed E-state index contributed by atoms with van der Waals surface area (Å²) in [6.07, 6.45) is 4.90. The Labute approximate surface area is 122 Å². The molecule has 0 spiro atoms. The fraction of sp³-hybridized carbons (Fsp3) is 0.643. The minimum Gasteiger partial charge on any atom is -0.333 e. The molecule has 0 radical (unpaired) electrons. The Kier molecular flexibility index (Phi) is 3.85. The molecule has 20 heavy (non-hydrogen) atoms. The van der Waals surface area contributed by atoms with E-state index in [1.54, 1.807) is 11.3 Å². The second-order valence-corrected chi connectivity index (χ2v) is 6.74. The van der Waals surface area contributed by atoms with Crippen molar-refractivity contribution >= 4 is 11.3 Å². The SMILES string of the molecule is Cc1nc(CN)sc1-c1nc(C2CCCC(C)C2)no1. The average molecular weight is 292 g/mol. The van der Waals surface area contributed by atoms with Crippen LogP contribution < -0.4 is 5.73 Å². The van der Waals surface area contributed by atoms with Crippen LogP contribution in [0.4, 0.5) is 0 Å². The highest BCUT2D eigenvalue weighted by atomic mass is 32.1. The number of hydrogen-bond acceptors (Lipinski definition) is 6. The molecule has 108 valence electrons. The van der Waals surface area contributed by atoms with Crippen molar-refractivity contribution in [2.24, 2.45) is 11.7 Å². The summed E-state index contributed by atoms with van der Waals surface area (Å²) in [4.78, 5) is 9.96. The van der Waals surface area contributed by atoms with Gasteiger partial charge in [0.2, 0.25) is 0 Å². The van der Waals surface area contributed by atoms with E-state index in [-0.39, 0.29) is 0 Å². The van der Waals surface area contributed by atoms with E-state index >= 15 is 0 Å². The normalized spacial score (nSPS) is 23.1. The summed E-state index contributed by atoms with van der Waals surface area (Å²) in [6, 6.07) is 0. The zero-order valence-corrected chi connectivity index (χ0v) is 12.7. The van der Waals surface area contributed by atoms with Gasteiger partial charge in [0.1, 0.15) is 9.88 Å². The Bertz CT molecular complexity index is 592. The zero-order chi connectivity index (χ0) is 14.1. The monoisotopic (exact) mass is 292 g/mol. The first-order valence-corrected chi connectivity index (χ1v) is 7.99. The van der Waals surface area contributed by atoms with Gasteiger partial charge in [0.25, 0.3) is 5.89 Å². The van der Waals surface area contributed by atoms with Crippen LogP contribution in [0.2, 0.25) is 0 Å². The lowest BCUT2D eigenvalue weighted by Gasteiger charge is -2.23. The van der Waals surface area contributed by atoms with Gasteiger partial charge in [0.05, 0.1) is 5.69 Å². The highest BCUT2D eigenvalue weighted by Crippen LogP contribution is 2.36. The summed E-state index contributed by atoms with van der Waals surface area (Å²) < 4.78 is 5.45. The third-order valence-electron chi connectivity index (χ3n) is 3.95. The van der Waals surface area contributed by atoms with Crippen LogP contribution in [-0.2, 0) is 6.54 Å². The first-order chi connectivity index (χ1) is 9.67. The Hall–Kier alpha value is -1.27. The van der Waals surface area contributed by atoms with Crippen LogP contribution in [0.5, 0.6) is 0 Å². The number of aryl methyl sites for hydroxylation is 1. The molecule has 1 saturated carbocycles. The van der Waals surface area contributed by atoms with E-state index in [4.69, 9.17) is 10.3 Å². The molecule has 1 aliphatic rings. The summed E-state index contributed by atoms with van der Waals surface area (Å²) >= 11 is 1.54. The highest BCUT2D eigenvalue weighted by molar-refractivity contribution is 7.15. The number of rotatable bonds is 3. The van der Waals surface area contributed by atoms with Crippen molar-refractivity contribution < 1.29 is 4.52 Å². The summed E-state index contributed by atoms with van der Waals surface area (Å²) in [5.74, 6) is 2.64. The fourth-order valence-corrected chi connectivity index (χ4v) is 3.76. The molecule has 0 aliphatic heterocycles. The number of thiazole rings is 1. The quantitative estimate of drug-likeness (QED) is 0.939. The molecular weight excluding hydrogens is 272 g/mol. The Morgan fingerprint density at radius 2 is 2.20 bits per heavy atom. The van der Waals surface area contributed by atoms with Gasteiger partial charge in [-0.25, -0.2) is 4.98 Å². The first-order valence-electron chi connectivity index (χ1n) is 7.17. The van der Waals surface area contributed by atoms with Crippen molar-refractivity contribution in [3.63, 3.8) is 0 Å². The summed E-state index contributed by atoms with van der Waals surface area (Å²) in [5, 5.41) is 5.09. The number of nitrogens with two attached hydrogens (primary N) is 1. The van der Waals surface area contributed by atoms with Gasteiger partial charge < -0.3 is 10.3 Å². The molecule has 5 nitrogen and oxygen atoms in total. The third-order valence-corrected chi connectivity index (χ3v) is 5.12. The van der Waals surface area contributed by atoms with Crippen molar-refractivity contribution in [3.05, 3.63) is 16.5 Å². The van der Waals surface area contributed by atoms with E-state index in [1.807, 2.05) is 6.92 Å². The van der Waals surface area contributed by atoms with Crippen molar-refractivity contribution in [3.8, 4) is 10.8 Å². The Balaban J connectivity index is 1.84. The molecule has 1 fully saturated rings. The summed E-state index contributed by atoms with van der Waals surface area (Å²) in [7, 11) is 0. The Morgan fingerprint density at radius 1 is 1.35 bits per heavy atom. The van der Waals surface area contributed by atoms with E-state index in [0.717, 1.165) is 33.7 Å². The zero-order valence-electron chi connectivity index (χ0n) is 11.9. The fourth-order valence-electron chi connectivity index (χ4n) is 2.90. The smallest absolute Gasteiger partial charge is 0.269 e. The van der Waals surface area contributed by atoms with Crippen LogP contribution in [0.15, 0.2) is 4.52 Å². The van der Waals surface area contributed by atoms with Gasteiger partial charge in [-0.05, 0) is 25.7 Å². The van der Waals surface area contributed by atoms with Gasteiger partial charge in [0, 0.05) is 12.5 Å². The lowest BCUT2D eigenvalue weighted by atomic mass is 9.82. The molecule has 2 unspecified atom stereocenters. The second-order valence-electron chi connectivity index (χ2n) is 5.65. The maximum atomic E-state index is 5.63. The van der Waals surface area contributed by atoms with Crippen LogP contribution in [-0.4, -0.2) is 15.1 Å². The van der Waals surface area contributed by atoms with Crippen LogP contribution in [0.1, 0.15) is 55.1 Å². The second kappa shape index (κ2) is 5.61. The third kappa shape index (κ3) is 2.62. The number of nitrogens with zero attached hydrogens (tertiary/aromatic N) is 3. The predicted octanol–water partition coefficient (Wildman–Crippen LogP) is 3.25. The van der Waals surface area contributed by atoms with Crippen LogP contribution in [0.3, 0.4) is 0 Å². The van der Waals surface area contributed by atoms with Crippen LogP contribution >= 0.6 is 11.3 Å². The molecule has 0 saturated heterocycles. The number of hydrogen-bond donors (Lipinski definition) is 1. The molecule has 3 rings (SSSR count). The maximum Gasteiger partial charge on any atom is 0.269 e. The largest absolute Gasteiger partial charge is 0.333 e. The van der Waals surface area contributed by atoms with Crippen molar-refractivity contribution in [2.45, 2.75) is 52.0 Å². The predicted molar refractivity (Wildman–Crippen MR) is 78.4 cm³/mol. The molecule has 0 aromatic carbocycles. The molecule has 2 N–H and O–H groups in total. The van der Waals surface area contributed by atoms with Crippen molar-refractivity contribution in [1.29, 1.82) is 0 Å². The van der Waals surface area contributed by atoms with Gasteiger partial charge in [0.15, 0.2) is 5.82 Å². The van der Waals surface area contributed by atoms with Gasteiger partial charge in [-0.1, -0.05) is 24.9 Å². The molecule has 6 heteroatoms. The lowest BCUT2D eigenvalue weighted by Crippen LogP contribution is -2.12. The van der Waals surface area contributed by atoms with E-state index in [1.165, 1.54) is 19.3 Å². The molecular formula is C14H20N4OS. The van der Waals surface area contributed by atoms with Crippen molar-refractivity contribution in [1.82, 2.24) is 15.1 Å². The van der Waals surface area contributed by atoms with Crippen LogP contribution in [0, 0.1) is 12.8 Å². The van der Waals surface area contributed by atoms with E-state index < -0.39 is 0 Å². The van der Waals surface area contributed by atoms with Gasteiger partial charge in [-0.3, -0.25) is 0 Å². The molecule has 1 aliphatic carbocycles. The van der Waals surface area contributed by atoms with Gasteiger partial charge >= 0.3 is 0 Å². The minimum atomic E-state index is 0.443. The molecule has 2 aromatic rings. The standard InChI is InChI=1S/C14H20N4OS/c1-8-4-3-5-10(6-8)13-17-14(19-18-13)12-9(2)16-11(7-15)20-12/h8,10H,3-7,15H2,1-2H3. The average Bonchev–Trinajstić information content (AvgIpc) is 3.05. The molecule has 0 amide bonds. The molecule has 2 aromatic heterocycles. The molecule has 2 heterocycles. The first kappa shape index (κ1) is 13.7. The topological polar surface area (TPSA) is 77.8 Å². The summed E-state index contributed by atoms with van der Waals surface area (Å²) in [6.45, 7) is 4.71. The van der Waals surface area contributed by atoms with Gasteiger partial charge in [-0.15, -0.1) is 11.3 Å². The minimum absolute atomic E-state index is 0.443. The maximum absolute atomic E-state index is 5.63. The van der Waals surface area contributed by atoms with E-state index in [0.29, 0.717) is 18.4 Å². The van der Waals surface area contributed by atoms with E-state index in [2.05, 4.69) is 22.0 Å². The number of aromatic nitrogens is 3. The highest BCUT2D eigenvalue weighted by Gasteiger charge is 2.25. The molecule has 2 atom stereocenters. The van der Waals surface area contributed by atoms with Gasteiger partial charge in [-0.2, -0.15) is 4.98 Å². The summed E-state index contributed by atoms with van der Waals surface area (Å²) in [5.41, 5.74) is 6.55. The Morgan fingerprint density at radius 3 is 2.90 bits per heavy atom. The van der Waals surface area contributed by atoms with Crippen molar-refractivity contribution in [2.75, 3.05) is 0 Å².